The van der Waals surface area contributed by atoms with E-state index in [-0.39, 0.29) is 17.9 Å². The molecule has 33 heavy (non-hydrogen) atoms. The Hall–Kier alpha value is -3.19. The Balaban J connectivity index is 1.93. The molecule has 2 heterocycles. The smallest absolute Gasteiger partial charge is 0.277 e. The minimum atomic E-state index is -0.286. The van der Waals surface area contributed by atoms with Crippen LogP contribution in [0.25, 0.3) is 5.57 Å². The topological polar surface area (TPSA) is 72.0 Å². The van der Waals surface area contributed by atoms with Crippen LogP contribution >= 0.6 is 0 Å². The molecule has 0 saturated carbocycles. The van der Waals surface area contributed by atoms with Crippen LogP contribution in [0.2, 0.25) is 0 Å². The average Bonchev–Trinajstić information content (AvgIpc) is 3.07. The number of hydrogen-bond acceptors (Lipinski definition) is 6. The molecule has 176 valence electrons. The summed E-state index contributed by atoms with van der Waals surface area (Å²) in [6.45, 7) is 7.94. The summed E-state index contributed by atoms with van der Waals surface area (Å²) in [5.41, 5.74) is 2.60. The molecule has 0 atom stereocenters. The van der Waals surface area contributed by atoms with Gasteiger partial charge in [0.2, 0.25) is 0 Å². The maximum Gasteiger partial charge on any atom is 0.277 e. The van der Waals surface area contributed by atoms with E-state index in [1.165, 1.54) is 4.90 Å². The number of likely N-dealkylation sites (N-methyl/N-ethyl adjacent to an activating group) is 1. The number of rotatable bonds is 12. The first-order valence-electron chi connectivity index (χ1n) is 11.5. The van der Waals surface area contributed by atoms with Gasteiger partial charge in [-0.1, -0.05) is 18.2 Å². The third-order valence-electron chi connectivity index (χ3n) is 5.61. The molecular weight excluding hydrogens is 418 g/mol. The number of para-hydroxylation sites is 1. The average molecular weight is 452 g/mol. The van der Waals surface area contributed by atoms with Crippen molar-refractivity contribution in [2.45, 2.75) is 39.7 Å². The number of aromatic nitrogens is 1. The van der Waals surface area contributed by atoms with E-state index < -0.39 is 0 Å². The Morgan fingerprint density at radius 3 is 2.45 bits per heavy atom. The van der Waals surface area contributed by atoms with E-state index >= 15 is 0 Å². The molecule has 7 heteroatoms. The zero-order valence-corrected chi connectivity index (χ0v) is 19.9. The van der Waals surface area contributed by atoms with E-state index in [9.17, 15) is 9.59 Å². The summed E-state index contributed by atoms with van der Waals surface area (Å²) in [5, 5.41) is 0. The van der Waals surface area contributed by atoms with E-state index in [1.54, 1.807) is 19.5 Å². The van der Waals surface area contributed by atoms with Gasteiger partial charge in [-0.05, 0) is 57.4 Å². The molecule has 0 aliphatic carbocycles. The standard InChI is InChI=1S/C26H33N3O4/c1-5-28(17-13-20-11-14-27-15-12-20)24-23(21-9-6-7-10-22(21)32-4)25(30)29(26(24)31)16-8-18-33-19(2)3/h6-7,9-12,14-15,19H,5,8,13,16-18H2,1-4H3. The third kappa shape index (κ3) is 5.79. The highest BCUT2D eigenvalue weighted by atomic mass is 16.5. The van der Waals surface area contributed by atoms with Crippen molar-refractivity contribution in [2.24, 2.45) is 0 Å². The zero-order valence-electron chi connectivity index (χ0n) is 19.9. The van der Waals surface area contributed by atoms with Crippen LogP contribution < -0.4 is 4.74 Å². The molecule has 1 aromatic carbocycles. The minimum absolute atomic E-state index is 0.108. The molecule has 0 spiro atoms. The highest BCUT2D eigenvalue weighted by molar-refractivity contribution is 6.36. The van der Waals surface area contributed by atoms with Crippen molar-refractivity contribution in [3.8, 4) is 5.75 Å². The molecule has 0 radical (unpaired) electrons. The first-order chi connectivity index (χ1) is 16.0. The molecule has 2 amide bonds. The van der Waals surface area contributed by atoms with Crippen LogP contribution in [0.15, 0.2) is 54.5 Å². The fourth-order valence-corrected chi connectivity index (χ4v) is 3.94. The van der Waals surface area contributed by atoms with Crippen molar-refractivity contribution in [1.82, 2.24) is 14.8 Å². The molecule has 1 aliphatic heterocycles. The van der Waals surface area contributed by atoms with Gasteiger partial charge in [0.1, 0.15) is 11.4 Å². The molecule has 3 rings (SSSR count). The molecule has 0 unspecified atom stereocenters. The van der Waals surface area contributed by atoms with E-state index in [1.807, 2.05) is 62.1 Å². The lowest BCUT2D eigenvalue weighted by Gasteiger charge is -2.25. The van der Waals surface area contributed by atoms with Gasteiger partial charge in [0.05, 0.1) is 18.8 Å². The molecule has 0 saturated heterocycles. The van der Waals surface area contributed by atoms with E-state index in [0.29, 0.717) is 55.2 Å². The van der Waals surface area contributed by atoms with Crippen LogP contribution in [-0.4, -0.2) is 66.1 Å². The highest BCUT2D eigenvalue weighted by Gasteiger charge is 2.41. The molecule has 0 bridgehead atoms. The first-order valence-corrected chi connectivity index (χ1v) is 11.5. The fraction of sp³-hybridized carbons (Fsp3) is 0.423. The van der Waals surface area contributed by atoms with Crippen molar-refractivity contribution < 1.29 is 19.1 Å². The Labute approximate surface area is 196 Å². The number of imide groups is 1. The Morgan fingerprint density at radius 1 is 1.06 bits per heavy atom. The van der Waals surface area contributed by atoms with Crippen LogP contribution in [0.4, 0.5) is 0 Å². The van der Waals surface area contributed by atoms with Gasteiger partial charge in [0, 0.05) is 44.2 Å². The van der Waals surface area contributed by atoms with Crippen molar-refractivity contribution in [2.75, 3.05) is 33.4 Å². The third-order valence-corrected chi connectivity index (χ3v) is 5.61. The summed E-state index contributed by atoms with van der Waals surface area (Å²) in [4.78, 5) is 34.5. The van der Waals surface area contributed by atoms with Gasteiger partial charge in [-0.15, -0.1) is 0 Å². The molecule has 2 aromatic rings. The van der Waals surface area contributed by atoms with Gasteiger partial charge in [0.15, 0.2) is 0 Å². The summed E-state index contributed by atoms with van der Waals surface area (Å²) >= 11 is 0. The van der Waals surface area contributed by atoms with E-state index in [4.69, 9.17) is 9.47 Å². The van der Waals surface area contributed by atoms with Gasteiger partial charge < -0.3 is 14.4 Å². The number of benzene rings is 1. The molecule has 1 aliphatic rings. The minimum Gasteiger partial charge on any atom is -0.496 e. The second-order valence-corrected chi connectivity index (χ2v) is 8.14. The lowest BCUT2D eigenvalue weighted by Crippen LogP contribution is -2.37. The number of amides is 2. The number of pyridine rings is 1. The summed E-state index contributed by atoms with van der Waals surface area (Å²) in [7, 11) is 1.57. The lowest BCUT2D eigenvalue weighted by atomic mass is 10.0. The Kier molecular flexibility index (Phi) is 8.60. The van der Waals surface area contributed by atoms with Gasteiger partial charge in [-0.3, -0.25) is 19.5 Å². The van der Waals surface area contributed by atoms with Gasteiger partial charge >= 0.3 is 0 Å². The molecular formula is C26H33N3O4. The molecule has 0 fully saturated rings. The van der Waals surface area contributed by atoms with Gasteiger partial charge in [0.25, 0.3) is 11.8 Å². The Bertz CT molecular complexity index is 988. The van der Waals surface area contributed by atoms with Crippen LogP contribution in [0.3, 0.4) is 0 Å². The van der Waals surface area contributed by atoms with Crippen molar-refractivity contribution in [1.29, 1.82) is 0 Å². The fourth-order valence-electron chi connectivity index (χ4n) is 3.94. The monoisotopic (exact) mass is 451 g/mol. The summed E-state index contributed by atoms with van der Waals surface area (Å²) in [6, 6.07) is 11.3. The van der Waals surface area contributed by atoms with Crippen LogP contribution in [0.1, 0.15) is 38.3 Å². The first kappa shape index (κ1) is 24.5. The van der Waals surface area contributed by atoms with Gasteiger partial charge in [-0.2, -0.15) is 0 Å². The quantitative estimate of drug-likeness (QED) is 0.363. The normalized spacial score (nSPS) is 13.9. The van der Waals surface area contributed by atoms with Crippen LogP contribution in [0.5, 0.6) is 5.75 Å². The molecule has 7 nitrogen and oxygen atoms in total. The van der Waals surface area contributed by atoms with Crippen molar-refractivity contribution >= 4 is 17.4 Å². The zero-order chi connectivity index (χ0) is 23.8. The lowest BCUT2D eigenvalue weighted by molar-refractivity contribution is -0.137. The predicted molar refractivity (Wildman–Crippen MR) is 128 cm³/mol. The largest absolute Gasteiger partial charge is 0.496 e. The van der Waals surface area contributed by atoms with Gasteiger partial charge in [-0.25, -0.2) is 0 Å². The number of nitrogens with zero attached hydrogens (tertiary/aromatic N) is 3. The highest BCUT2D eigenvalue weighted by Crippen LogP contribution is 2.36. The predicted octanol–water partition coefficient (Wildman–Crippen LogP) is 3.55. The molecule has 0 N–H and O–H groups in total. The number of hydrogen-bond donors (Lipinski definition) is 0. The number of ether oxygens (including phenoxy) is 2. The van der Waals surface area contributed by atoms with Crippen molar-refractivity contribution in [3.05, 3.63) is 65.6 Å². The number of methoxy groups -OCH3 is 1. The summed E-state index contributed by atoms with van der Waals surface area (Å²) in [6.07, 6.45) is 4.96. The van der Waals surface area contributed by atoms with E-state index in [2.05, 4.69) is 4.98 Å². The maximum absolute atomic E-state index is 13.6. The van der Waals surface area contributed by atoms with E-state index in [0.717, 1.165) is 12.0 Å². The van der Waals surface area contributed by atoms with Crippen LogP contribution in [-0.2, 0) is 20.7 Å². The number of carbonyl (C=O) groups excluding carboxylic acids is 2. The second-order valence-electron chi connectivity index (χ2n) is 8.14. The van der Waals surface area contributed by atoms with Crippen molar-refractivity contribution in [3.63, 3.8) is 0 Å². The SMILES string of the molecule is CCN(CCc1ccncc1)C1=C(c2ccccc2OC)C(=O)N(CCCOC(C)C)C1=O. The number of carbonyl (C=O) groups is 2. The van der Waals surface area contributed by atoms with Crippen LogP contribution in [0, 0.1) is 0 Å². The molecule has 1 aromatic heterocycles. The summed E-state index contributed by atoms with van der Waals surface area (Å²) < 4.78 is 11.1. The second kappa shape index (κ2) is 11.6. The maximum atomic E-state index is 13.6. The summed E-state index contributed by atoms with van der Waals surface area (Å²) in [5.74, 6) is 0.0229. The Morgan fingerprint density at radius 2 is 1.79 bits per heavy atom.